The number of nitrogens with one attached hydrogen (secondary N) is 2. The summed E-state index contributed by atoms with van der Waals surface area (Å²) in [6.07, 6.45) is -0.299. The van der Waals surface area contributed by atoms with E-state index < -0.39 is 16.1 Å². The number of hydrogen-bond donors (Lipinski definition) is 3. The molecule has 172 valence electrons. The third kappa shape index (κ3) is 8.87. The maximum absolute atomic E-state index is 12.2. The van der Waals surface area contributed by atoms with Crippen molar-refractivity contribution in [2.24, 2.45) is 0 Å². The fourth-order valence-corrected chi connectivity index (χ4v) is 4.06. The fourth-order valence-electron chi connectivity index (χ4n) is 2.49. The van der Waals surface area contributed by atoms with E-state index in [2.05, 4.69) is 18.8 Å². The van der Waals surface area contributed by atoms with Crippen LogP contribution in [0.15, 0.2) is 29.2 Å². The fraction of sp³-hybridized carbons (Fsp3) is 0.526. The van der Waals surface area contributed by atoms with E-state index in [1.54, 1.807) is 31.2 Å². The summed E-state index contributed by atoms with van der Waals surface area (Å²) in [5.41, 5.74) is 1.53. The van der Waals surface area contributed by atoms with Gasteiger partial charge in [-0.15, -0.1) is 4.37 Å². The van der Waals surface area contributed by atoms with Crippen LogP contribution in [0.5, 0.6) is 5.88 Å². The quantitative estimate of drug-likeness (QED) is 0.267. The molecule has 1 heterocycles. The summed E-state index contributed by atoms with van der Waals surface area (Å²) in [5.74, 6) is -0.0251. The van der Waals surface area contributed by atoms with Crippen LogP contribution in [0, 0.1) is 6.92 Å². The molecule has 1 unspecified atom stereocenters. The van der Waals surface area contributed by atoms with Crippen molar-refractivity contribution in [3.63, 3.8) is 0 Å². The molecule has 1 aromatic carbocycles. The Morgan fingerprint density at radius 1 is 1.23 bits per heavy atom. The van der Waals surface area contributed by atoms with E-state index in [1.165, 1.54) is 0 Å². The zero-order valence-electron chi connectivity index (χ0n) is 17.5. The highest BCUT2D eigenvalue weighted by atomic mass is 32.2. The first-order valence-corrected chi connectivity index (χ1v) is 12.1. The van der Waals surface area contributed by atoms with Crippen molar-refractivity contribution in [2.75, 3.05) is 32.8 Å². The second-order valence-electron chi connectivity index (χ2n) is 6.70. The van der Waals surface area contributed by atoms with E-state index in [0.29, 0.717) is 31.1 Å². The molecule has 0 bridgehead atoms. The van der Waals surface area contributed by atoms with Gasteiger partial charge in [0.1, 0.15) is 18.4 Å². The molecule has 0 fully saturated rings. The molecule has 0 amide bonds. The lowest BCUT2D eigenvalue weighted by Crippen LogP contribution is -2.37. The molecule has 0 saturated carbocycles. The number of aromatic nitrogens is 2. The van der Waals surface area contributed by atoms with Gasteiger partial charge in [0.25, 0.3) is 0 Å². The number of hydrogen-bond acceptors (Lipinski definition) is 10. The topological polar surface area (TPSA) is 140 Å². The van der Waals surface area contributed by atoms with Crippen LogP contribution < -0.4 is 14.8 Å². The van der Waals surface area contributed by atoms with Gasteiger partial charge in [-0.1, -0.05) is 17.7 Å². The van der Waals surface area contributed by atoms with Crippen LogP contribution in [0.1, 0.15) is 24.6 Å². The van der Waals surface area contributed by atoms with E-state index in [-0.39, 0.29) is 37.0 Å². The Balaban J connectivity index is 1.64. The Labute approximate surface area is 186 Å². The van der Waals surface area contributed by atoms with E-state index in [1.807, 2.05) is 6.92 Å². The van der Waals surface area contributed by atoms with Gasteiger partial charge in [-0.05, 0) is 26.0 Å². The summed E-state index contributed by atoms with van der Waals surface area (Å²) in [7, 11) is -3.56. The first-order chi connectivity index (χ1) is 14.8. The van der Waals surface area contributed by atoms with Gasteiger partial charge in [0.2, 0.25) is 15.9 Å². The number of aryl methyl sites for hydroxylation is 2. The molecule has 2 aromatic rings. The Hall–Kier alpha value is -2.12. The predicted octanol–water partition coefficient (Wildman–Crippen LogP) is 0.650. The SMILES string of the molecule is CCOC(=O)CCc1nsnc1OCC(O)CNCCNS(=O)(=O)c1ccc(C)cc1. The number of esters is 1. The molecule has 0 radical (unpaired) electrons. The van der Waals surface area contributed by atoms with Gasteiger partial charge in [-0.25, -0.2) is 13.1 Å². The second-order valence-corrected chi connectivity index (χ2v) is 9.00. The van der Waals surface area contributed by atoms with Gasteiger partial charge < -0.3 is 19.9 Å². The molecule has 0 aliphatic carbocycles. The van der Waals surface area contributed by atoms with Gasteiger partial charge in [0.05, 0.1) is 29.7 Å². The van der Waals surface area contributed by atoms with Crippen LogP contribution in [0.2, 0.25) is 0 Å². The van der Waals surface area contributed by atoms with Crippen LogP contribution in [0.4, 0.5) is 0 Å². The molecule has 31 heavy (non-hydrogen) atoms. The van der Waals surface area contributed by atoms with Crippen molar-refractivity contribution in [1.29, 1.82) is 0 Å². The minimum Gasteiger partial charge on any atom is -0.473 e. The number of ether oxygens (including phenoxy) is 2. The standard InChI is InChI=1S/C19H28N4O6S2/c1-3-28-18(25)9-8-17-19(23-30-22-17)29-13-15(24)12-20-10-11-21-31(26,27)16-6-4-14(2)5-7-16/h4-7,15,20-21,24H,3,8-13H2,1-2H3. The monoisotopic (exact) mass is 472 g/mol. The maximum Gasteiger partial charge on any atom is 0.306 e. The van der Waals surface area contributed by atoms with Crippen LogP contribution in [-0.2, 0) is 26.0 Å². The predicted molar refractivity (Wildman–Crippen MR) is 116 cm³/mol. The molecule has 0 saturated heterocycles. The van der Waals surface area contributed by atoms with Crippen molar-refractivity contribution in [2.45, 2.75) is 37.7 Å². The van der Waals surface area contributed by atoms with Gasteiger partial charge in [-0.3, -0.25) is 4.79 Å². The maximum atomic E-state index is 12.2. The molecular formula is C19H28N4O6S2. The Bertz CT molecular complexity index is 918. The summed E-state index contributed by atoms with van der Waals surface area (Å²) >= 11 is 0.969. The first-order valence-electron chi connectivity index (χ1n) is 9.86. The molecule has 0 spiro atoms. The molecule has 1 aromatic heterocycles. The third-order valence-corrected chi connectivity index (χ3v) is 6.14. The first kappa shape index (κ1) is 25.1. The van der Waals surface area contributed by atoms with Crippen molar-refractivity contribution in [3.8, 4) is 5.88 Å². The number of nitrogens with zero attached hydrogens (tertiary/aromatic N) is 2. The normalized spacial score (nSPS) is 12.5. The summed E-state index contributed by atoms with van der Waals surface area (Å²) in [6.45, 7) is 4.67. The van der Waals surface area contributed by atoms with Crippen molar-refractivity contribution in [3.05, 3.63) is 35.5 Å². The summed E-state index contributed by atoms with van der Waals surface area (Å²) < 4.78 is 45.4. The van der Waals surface area contributed by atoms with E-state index in [9.17, 15) is 18.3 Å². The molecule has 10 nitrogen and oxygen atoms in total. The number of carbonyl (C=O) groups is 1. The van der Waals surface area contributed by atoms with Crippen molar-refractivity contribution in [1.82, 2.24) is 18.8 Å². The van der Waals surface area contributed by atoms with Gasteiger partial charge >= 0.3 is 5.97 Å². The van der Waals surface area contributed by atoms with Crippen LogP contribution >= 0.6 is 11.7 Å². The zero-order chi connectivity index (χ0) is 22.7. The number of sulfonamides is 1. The number of benzene rings is 1. The van der Waals surface area contributed by atoms with Gasteiger partial charge in [0, 0.05) is 26.1 Å². The molecule has 0 aliphatic rings. The lowest BCUT2D eigenvalue weighted by Gasteiger charge is -2.13. The smallest absolute Gasteiger partial charge is 0.306 e. The molecule has 2 rings (SSSR count). The Morgan fingerprint density at radius 3 is 2.68 bits per heavy atom. The highest BCUT2D eigenvalue weighted by Gasteiger charge is 2.15. The molecule has 3 N–H and O–H groups in total. The number of carbonyl (C=O) groups excluding carboxylic acids is 1. The molecular weight excluding hydrogens is 444 g/mol. The minimum atomic E-state index is -3.56. The summed E-state index contributed by atoms with van der Waals surface area (Å²) in [4.78, 5) is 11.7. The van der Waals surface area contributed by atoms with Crippen molar-refractivity contribution >= 4 is 27.7 Å². The largest absolute Gasteiger partial charge is 0.473 e. The van der Waals surface area contributed by atoms with E-state index >= 15 is 0 Å². The van der Waals surface area contributed by atoms with Crippen molar-refractivity contribution < 1.29 is 27.8 Å². The molecule has 1 atom stereocenters. The summed E-state index contributed by atoms with van der Waals surface area (Å²) in [6, 6.07) is 6.59. The average molecular weight is 473 g/mol. The van der Waals surface area contributed by atoms with E-state index in [4.69, 9.17) is 9.47 Å². The van der Waals surface area contributed by atoms with Crippen LogP contribution in [0.25, 0.3) is 0 Å². The van der Waals surface area contributed by atoms with Gasteiger partial charge in [0.15, 0.2) is 0 Å². The summed E-state index contributed by atoms with van der Waals surface area (Å²) in [5, 5.41) is 13.0. The van der Waals surface area contributed by atoms with E-state index in [0.717, 1.165) is 17.3 Å². The molecule has 12 heteroatoms. The highest BCUT2D eigenvalue weighted by molar-refractivity contribution is 7.89. The minimum absolute atomic E-state index is 0.0140. The zero-order valence-corrected chi connectivity index (χ0v) is 19.2. The lowest BCUT2D eigenvalue weighted by atomic mass is 10.2. The van der Waals surface area contributed by atoms with Gasteiger partial charge in [-0.2, -0.15) is 4.37 Å². The Morgan fingerprint density at radius 2 is 1.97 bits per heavy atom. The number of aliphatic hydroxyl groups excluding tert-OH is 1. The lowest BCUT2D eigenvalue weighted by molar-refractivity contribution is -0.143. The number of rotatable bonds is 14. The number of aliphatic hydroxyl groups is 1. The second kappa shape index (κ2) is 12.7. The highest BCUT2D eigenvalue weighted by Crippen LogP contribution is 2.17. The Kier molecular flexibility index (Phi) is 10.3. The molecule has 0 aliphatic heterocycles. The van der Waals surface area contributed by atoms with Crippen LogP contribution in [-0.4, -0.2) is 67.2 Å². The van der Waals surface area contributed by atoms with Crippen LogP contribution in [0.3, 0.4) is 0 Å². The average Bonchev–Trinajstić information content (AvgIpc) is 3.18. The third-order valence-electron chi connectivity index (χ3n) is 4.11.